The van der Waals surface area contributed by atoms with Crippen molar-refractivity contribution in [3.05, 3.63) is 47.5 Å². The van der Waals surface area contributed by atoms with Crippen molar-refractivity contribution in [2.45, 2.75) is 33.1 Å². The van der Waals surface area contributed by atoms with Gasteiger partial charge in [-0.2, -0.15) is 0 Å². The largest absolute Gasteiger partial charge is 0.427 e. The van der Waals surface area contributed by atoms with Crippen LogP contribution < -0.4 is 9.47 Å². The number of hydrogen-bond acceptors (Lipinski definition) is 4. The zero-order valence-electron chi connectivity index (χ0n) is 13.2. The maximum Gasteiger partial charge on any atom is 0.310 e. The van der Waals surface area contributed by atoms with Crippen LogP contribution in [0.3, 0.4) is 0 Å². The molecule has 4 heteroatoms. The molecule has 1 aliphatic carbocycles. The summed E-state index contributed by atoms with van der Waals surface area (Å²) >= 11 is 0. The highest BCUT2D eigenvalue weighted by atomic mass is 16.5. The molecule has 1 aliphatic rings. The fraction of sp³-hybridized carbons (Fsp3) is 0.263. The second-order valence-corrected chi connectivity index (χ2v) is 5.47. The normalized spacial score (nSPS) is 11.6. The van der Waals surface area contributed by atoms with E-state index in [1.165, 1.54) is 0 Å². The van der Waals surface area contributed by atoms with E-state index in [1.807, 2.05) is 36.4 Å². The topological polar surface area (TPSA) is 52.6 Å². The molecule has 0 amide bonds. The lowest BCUT2D eigenvalue weighted by molar-refractivity contribution is -0.134. The van der Waals surface area contributed by atoms with Gasteiger partial charge >= 0.3 is 11.9 Å². The van der Waals surface area contributed by atoms with Crippen molar-refractivity contribution in [3.8, 4) is 22.6 Å². The third-order valence-electron chi connectivity index (χ3n) is 3.87. The van der Waals surface area contributed by atoms with Crippen LogP contribution in [0.4, 0.5) is 0 Å². The monoisotopic (exact) mass is 310 g/mol. The first-order chi connectivity index (χ1) is 11.1. The van der Waals surface area contributed by atoms with Gasteiger partial charge in [0, 0.05) is 12.8 Å². The molecule has 118 valence electrons. The van der Waals surface area contributed by atoms with Crippen LogP contribution in [0.25, 0.3) is 11.1 Å². The van der Waals surface area contributed by atoms with Crippen molar-refractivity contribution < 1.29 is 19.1 Å². The number of hydrogen-bond donors (Lipinski definition) is 0. The van der Waals surface area contributed by atoms with Crippen LogP contribution in [0.2, 0.25) is 0 Å². The molecular weight excluding hydrogens is 292 g/mol. The zero-order valence-corrected chi connectivity index (χ0v) is 13.2. The van der Waals surface area contributed by atoms with Gasteiger partial charge in [-0.1, -0.05) is 26.0 Å². The molecule has 0 aromatic heterocycles. The average Bonchev–Trinajstić information content (AvgIpc) is 2.91. The van der Waals surface area contributed by atoms with E-state index in [0.717, 1.165) is 28.7 Å². The molecule has 2 aromatic rings. The lowest BCUT2D eigenvalue weighted by Crippen LogP contribution is -2.05. The Morgan fingerprint density at radius 2 is 1.26 bits per heavy atom. The van der Waals surface area contributed by atoms with E-state index in [1.54, 1.807) is 13.8 Å². The Labute approximate surface area is 135 Å². The maximum absolute atomic E-state index is 11.4. The van der Waals surface area contributed by atoms with E-state index >= 15 is 0 Å². The third-order valence-corrected chi connectivity index (χ3v) is 3.87. The molecule has 0 bridgehead atoms. The molecule has 0 aliphatic heterocycles. The lowest BCUT2D eigenvalue weighted by Gasteiger charge is -2.06. The molecule has 0 atom stereocenters. The fourth-order valence-corrected chi connectivity index (χ4v) is 2.70. The average molecular weight is 310 g/mol. The summed E-state index contributed by atoms with van der Waals surface area (Å²) < 4.78 is 10.5. The Hall–Kier alpha value is -2.62. The van der Waals surface area contributed by atoms with Gasteiger partial charge in [0.15, 0.2) is 0 Å². The first-order valence-electron chi connectivity index (χ1n) is 7.78. The van der Waals surface area contributed by atoms with Crippen molar-refractivity contribution in [1.29, 1.82) is 0 Å². The maximum atomic E-state index is 11.4. The van der Waals surface area contributed by atoms with E-state index in [-0.39, 0.29) is 11.9 Å². The number of benzene rings is 2. The number of esters is 2. The molecule has 0 saturated heterocycles. The minimum atomic E-state index is -0.241. The summed E-state index contributed by atoms with van der Waals surface area (Å²) in [6.07, 6.45) is 1.44. The number of ether oxygens (including phenoxy) is 2. The van der Waals surface area contributed by atoms with Crippen LogP contribution >= 0.6 is 0 Å². The van der Waals surface area contributed by atoms with Gasteiger partial charge in [0.2, 0.25) is 0 Å². The summed E-state index contributed by atoms with van der Waals surface area (Å²) in [4.78, 5) is 22.8. The van der Waals surface area contributed by atoms with Gasteiger partial charge in [-0.3, -0.25) is 9.59 Å². The van der Waals surface area contributed by atoms with Crippen LogP contribution in [0.15, 0.2) is 36.4 Å². The second-order valence-electron chi connectivity index (χ2n) is 5.47. The van der Waals surface area contributed by atoms with Gasteiger partial charge in [-0.25, -0.2) is 0 Å². The molecule has 0 N–H and O–H groups in total. The van der Waals surface area contributed by atoms with Crippen LogP contribution in [0.1, 0.15) is 37.8 Å². The Morgan fingerprint density at radius 3 is 1.65 bits per heavy atom. The fourth-order valence-electron chi connectivity index (χ4n) is 2.70. The molecule has 0 heterocycles. The van der Waals surface area contributed by atoms with Crippen molar-refractivity contribution in [3.63, 3.8) is 0 Å². The summed E-state index contributed by atoms with van der Waals surface area (Å²) in [7, 11) is 0. The summed E-state index contributed by atoms with van der Waals surface area (Å²) in [5, 5.41) is 0. The molecule has 2 aromatic carbocycles. The number of fused-ring (bicyclic) bond motifs is 3. The van der Waals surface area contributed by atoms with Gasteiger partial charge in [0.25, 0.3) is 0 Å². The predicted molar refractivity (Wildman–Crippen MR) is 86.5 cm³/mol. The molecule has 23 heavy (non-hydrogen) atoms. The first kappa shape index (κ1) is 15.3. The molecule has 0 spiro atoms. The molecule has 0 saturated carbocycles. The van der Waals surface area contributed by atoms with E-state index in [9.17, 15) is 9.59 Å². The quantitative estimate of drug-likeness (QED) is 0.542. The Morgan fingerprint density at radius 1 is 0.826 bits per heavy atom. The molecular formula is C19H18O4. The summed E-state index contributed by atoms with van der Waals surface area (Å²) in [6.45, 7) is 3.54. The van der Waals surface area contributed by atoms with Gasteiger partial charge in [-0.15, -0.1) is 0 Å². The highest BCUT2D eigenvalue weighted by molar-refractivity contribution is 5.80. The van der Waals surface area contributed by atoms with Gasteiger partial charge in [0.05, 0.1) is 0 Å². The standard InChI is InChI=1S/C19H18O4/c1-3-18(20)22-14-5-7-16-12(10-14)9-13-11-15(6-8-17(13)16)23-19(21)4-2/h5-8,10-11H,3-4,9H2,1-2H3. The Bertz CT molecular complexity index is 711. The highest BCUT2D eigenvalue weighted by Gasteiger charge is 2.20. The van der Waals surface area contributed by atoms with Gasteiger partial charge in [0.1, 0.15) is 11.5 Å². The van der Waals surface area contributed by atoms with Gasteiger partial charge < -0.3 is 9.47 Å². The Balaban J connectivity index is 1.85. The van der Waals surface area contributed by atoms with Gasteiger partial charge in [-0.05, 0) is 52.9 Å². The van der Waals surface area contributed by atoms with Crippen LogP contribution in [0, 0.1) is 0 Å². The van der Waals surface area contributed by atoms with E-state index < -0.39 is 0 Å². The van der Waals surface area contributed by atoms with Crippen molar-refractivity contribution in [1.82, 2.24) is 0 Å². The van der Waals surface area contributed by atoms with Crippen molar-refractivity contribution in [2.24, 2.45) is 0 Å². The van der Waals surface area contributed by atoms with Crippen LogP contribution in [-0.4, -0.2) is 11.9 Å². The summed E-state index contributed by atoms with van der Waals surface area (Å²) in [5.41, 5.74) is 4.48. The number of carbonyl (C=O) groups is 2. The first-order valence-corrected chi connectivity index (χ1v) is 7.78. The number of rotatable bonds is 4. The SMILES string of the molecule is CCC(=O)Oc1ccc2c(c1)Cc1cc(OC(=O)CC)ccc1-2. The lowest BCUT2D eigenvalue weighted by atomic mass is 10.1. The molecule has 3 rings (SSSR count). The predicted octanol–water partition coefficient (Wildman–Crippen LogP) is 3.89. The minimum Gasteiger partial charge on any atom is -0.427 e. The van der Waals surface area contributed by atoms with E-state index in [0.29, 0.717) is 24.3 Å². The second kappa shape index (κ2) is 6.24. The summed E-state index contributed by atoms with van der Waals surface area (Å²) in [6, 6.07) is 11.4. The highest BCUT2D eigenvalue weighted by Crippen LogP contribution is 2.39. The zero-order chi connectivity index (χ0) is 16.4. The van der Waals surface area contributed by atoms with E-state index in [2.05, 4.69) is 0 Å². The number of carbonyl (C=O) groups excluding carboxylic acids is 2. The molecule has 0 unspecified atom stereocenters. The molecule has 4 nitrogen and oxygen atoms in total. The smallest absolute Gasteiger partial charge is 0.310 e. The Kier molecular flexibility index (Phi) is 4.15. The summed E-state index contributed by atoms with van der Waals surface area (Å²) in [5.74, 6) is 0.658. The van der Waals surface area contributed by atoms with E-state index in [4.69, 9.17) is 9.47 Å². The van der Waals surface area contributed by atoms with Crippen molar-refractivity contribution >= 4 is 11.9 Å². The van der Waals surface area contributed by atoms with Crippen molar-refractivity contribution in [2.75, 3.05) is 0 Å². The molecule has 0 radical (unpaired) electrons. The van der Waals surface area contributed by atoms with Crippen LogP contribution in [-0.2, 0) is 16.0 Å². The van der Waals surface area contributed by atoms with Crippen LogP contribution in [0.5, 0.6) is 11.5 Å². The third kappa shape index (κ3) is 3.11. The minimum absolute atomic E-state index is 0.241. The molecule has 0 fully saturated rings.